The molecular weight excluding hydrogens is 739 g/mol. The Kier molecular flexibility index (Phi) is 47.4. The quantitative estimate of drug-likeness (QED) is 0.0385. The molecule has 0 aliphatic rings. The van der Waals surface area contributed by atoms with E-state index in [-0.39, 0.29) is 53.8 Å². The van der Waals surface area contributed by atoms with Gasteiger partial charge < -0.3 is 40.4 Å². The molecule has 0 saturated carbocycles. The number of aromatic hydroxyl groups is 1. The van der Waals surface area contributed by atoms with Crippen molar-refractivity contribution in [3.8, 4) is 5.75 Å². The zero-order valence-corrected chi connectivity index (χ0v) is 39.9. The molecule has 1 aromatic rings. The van der Waals surface area contributed by atoms with Crippen molar-refractivity contribution < 1.29 is 35.1 Å². The largest absolute Gasteiger partial charge is 2.00 e. The molecule has 8 nitrogen and oxygen atoms in total. The van der Waals surface area contributed by atoms with Crippen molar-refractivity contribution in [2.24, 2.45) is 0 Å². The number of β-amino-alcohol motifs (C(OH)–C–C–N with tert-alkyl or cyclic N) is 1. The molecule has 0 saturated heterocycles. The molecule has 0 amide bonds. The van der Waals surface area contributed by atoms with Crippen molar-refractivity contribution in [2.75, 3.05) is 6.54 Å². The minimum Gasteiger partial charge on any atom is -0.550 e. The van der Waals surface area contributed by atoms with E-state index in [9.17, 15) is 30.0 Å². The number of aliphatic carboxylic acids is 2. The summed E-state index contributed by atoms with van der Waals surface area (Å²) in [7, 11) is 0. The van der Waals surface area contributed by atoms with Gasteiger partial charge in [-0.2, -0.15) is 0 Å². The molecule has 0 radical (unpaired) electrons. The number of carbonyl (C=O) groups is 2. The van der Waals surface area contributed by atoms with Crippen LogP contribution in [0.2, 0.25) is 0 Å². The van der Waals surface area contributed by atoms with E-state index in [2.05, 4.69) is 19.2 Å². The molecular formula is C49H91MgNO7. The first-order chi connectivity index (χ1) is 27.4. The minimum absolute atomic E-state index is 0. The molecule has 1 rings (SSSR count). The van der Waals surface area contributed by atoms with Crippen molar-refractivity contribution >= 4 is 35.0 Å². The van der Waals surface area contributed by atoms with E-state index in [4.69, 9.17) is 5.11 Å². The van der Waals surface area contributed by atoms with Gasteiger partial charge in [-0.15, -0.1) is 0 Å². The van der Waals surface area contributed by atoms with E-state index >= 15 is 0 Å². The van der Waals surface area contributed by atoms with Crippen molar-refractivity contribution in [3.05, 3.63) is 29.3 Å². The molecule has 58 heavy (non-hydrogen) atoms. The number of phenols is 1. The molecule has 1 atom stereocenters. The Balaban J connectivity index is -0.000000778. The molecule has 0 bridgehead atoms. The van der Waals surface area contributed by atoms with Crippen LogP contribution in [-0.2, 0) is 16.2 Å². The summed E-state index contributed by atoms with van der Waals surface area (Å²) in [4.78, 5) is 20.4. The Bertz CT molecular complexity index is 989. The predicted octanol–water partition coefficient (Wildman–Crippen LogP) is 10.9. The van der Waals surface area contributed by atoms with Crippen LogP contribution in [0.5, 0.6) is 5.75 Å². The van der Waals surface area contributed by atoms with Crippen molar-refractivity contribution in [1.29, 1.82) is 0 Å². The van der Waals surface area contributed by atoms with Crippen molar-refractivity contribution in [2.45, 2.75) is 258 Å². The second-order valence-electron chi connectivity index (χ2n) is 17.3. The fourth-order valence-corrected chi connectivity index (χ4v) is 6.74. The van der Waals surface area contributed by atoms with E-state index in [1.165, 1.54) is 173 Å². The standard InChI is InChI=1S/2C18H36O2.C13H21NO3.Mg/c2*1-2-3-4-5-6-7-8-9-10-11-12-13-14-15-16-17-18(19)20;1-13(2,3)14-7-12(17)9-4-5-11(16)10(6-9)8-15;/h2*2-17H2,1H3,(H,19,20);4-6,12,14-17H,7-8H2,1-3H3;/q;;;+2/p-2. The van der Waals surface area contributed by atoms with E-state index in [1.54, 1.807) is 12.1 Å². The van der Waals surface area contributed by atoms with Crippen LogP contribution in [0.4, 0.5) is 0 Å². The fraction of sp³-hybridized carbons (Fsp3) is 0.837. The number of aliphatic hydroxyl groups excluding tert-OH is 2. The van der Waals surface area contributed by atoms with Gasteiger partial charge in [-0.1, -0.05) is 200 Å². The van der Waals surface area contributed by atoms with Crippen molar-refractivity contribution in [3.63, 3.8) is 0 Å². The van der Waals surface area contributed by atoms with Gasteiger partial charge in [0.25, 0.3) is 0 Å². The Labute approximate surface area is 373 Å². The Morgan fingerprint density at radius 1 is 0.569 bits per heavy atom. The summed E-state index contributed by atoms with van der Waals surface area (Å²) in [6.45, 7) is 10.8. The average Bonchev–Trinajstić information content (AvgIpc) is 3.17. The van der Waals surface area contributed by atoms with Crippen LogP contribution in [0.3, 0.4) is 0 Å². The van der Waals surface area contributed by atoms with Crippen LogP contribution in [-0.4, -0.2) is 62.4 Å². The molecule has 0 aliphatic heterocycles. The third-order valence-electron chi connectivity index (χ3n) is 10.5. The molecule has 1 aromatic carbocycles. The third kappa shape index (κ3) is 47.3. The SMILES string of the molecule is CC(C)(C)NCC(O)c1ccc(O)c(CO)c1.CCCCCCCCCCCCCCCCCC(=O)[O-].CCCCCCCCCCCCCCCCCC(=O)[O-].[Mg+2]. The normalized spacial score (nSPS) is 11.5. The van der Waals surface area contributed by atoms with Gasteiger partial charge in [0.05, 0.1) is 12.7 Å². The monoisotopic (exact) mass is 830 g/mol. The van der Waals surface area contributed by atoms with Crippen molar-refractivity contribution in [1.82, 2.24) is 5.32 Å². The van der Waals surface area contributed by atoms with Crippen LogP contribution in [0.25, 0.3) is 0 Å². The second-order valence-corrected chi connectivity index (χ2v) is 17.3. The zero-order chi connectivity index (χ0) is 42.8. The molecule has 4 N–H and O–H groups in total. The number of aliphatic hydroxyl groups is 2. The second kappa shape index (κ2) is 45.1. The Morgan fingerprint density at radius 3 is 1.12 bits per heavy atom. The van der Waals surface area contributed by atoms with Crippen LogP contribution in [0.15, 0.2) is 18.2 Å². The summed E-state index contributed by atoms with van der Waals surface area (Å²) < 4.78 is 0. The molecule has 0 aromatic heterocycles. The first kappa shape index (κ1) is 60.9. The number of benzene rings is 1. The molecule has 1 unspecified atom stereocenters. The van der Waals surface area contributed by atoms with Gasteiger partial charge in [-0.3, -0.25) is 0 Å². The zero-order valence-electron chi connectivity index (χ0n) is 38.5. The average molecular weight is 831 g/mol. The fourth-order valence-electron chi connectivity index (χ4n) is 6.74. The maximum absolute atomic E-state index is 10.2. The van der Waals surface area contributed by atoms with Gasteiger partial charge in [-0.25, -0.2) is 0 Å². The van der Waals surface area contributed by atoms with Crippen LogP contribution in [0, 0.1) is 0 Å². The Hall–Kier alpha value is -1.39. The van der Waals surface area contributed by atoms with E-state index in [1.807, 2.05) is 20.8 Å². The summed E-state index contributed by atoms with van der Waals surface area (Å²) in [5.74, 6) is -1.76. The molecule has 336 valence electrons. The van der Waals surface area contributed by atoms with Crippen LogP contribution in [0.1, 0.15) is 257 Å². The number of rotatable bonds is 36. The van der Waals surface area contributed by atoms with Crippen LogP contribution >= 0.6 is 0 Å². The number of unbranched alkanes of at least 4 members (excludes halogenated alkanes) is 28. The van der Waals surface area contributed by atoms with Gasteiger partial charge in [-0.05, 0) is 64.2 Å². The maximum atomic E-state index is 10.2. The number of carboxylic acid groups (broad SMARTS) is 2. The smallest absolute Gasteiger partial charge is 0.550 e. The van der Waals surface area contributed by atoms with E-state index < -0.39 is 18.0 Å². The summed E-state index contributed by atoms with van der Waals surface area (Å²) >= 11 is 0. The van der Waals surface area contributed by atoms with E-state index in [0.29, 0.717) is 17.7 Å². The first-order valence-electron chi connectivity index (χ1n) is 23.6. The Morgan fingerprint density at radius 2 is 0.862 bits per heavy atom. The maximum Gasteiger partial charge on any atom is 2.00 e. The number of hydrogen-bond acceptors (Lipinski definition) is 8. The van der Waals surface area contributed by atoms with Gasteiger partial charge in [0, 0.05) is 29.6 Å². The number of hydrogen-bond donors (Lipinski definition) is 4. The van der Waals surface area contributed by atoms with Gasteiger partial charge in [0.2, 0.25) is 0 Å². The summed E-state index contributed by atoms with van der Waals surface area (Å²) in [5, 5.41) is 52.1. The molecule has 0 heterocycles. The molecule has 9 heteroatoms. The third-order valence-corrected chi connectivity index (χ3v) is 10.5. The summed E-state index contributed by atoms with van der Waals surface area (Å²) in [5.41, 5.74) is 1.05. The molecule has 0 fully saturated rings. The van der Waals surface area contributed by atoms with Gasteiger partial charge >= 0.3 is 23.1 Å². The summed E-state index contributed by atoms with van der Waals surface area (Å²) in [6, 6.07) is 4.76. The van der Waals surface area contributed by atoms with E-state index in [0.717, 1.165) is 25.7 Å². The summed E-state index contributed by atoms with van der Waals surface area (Å²) in [6.07, 6.45) is 39.1. The topological polar surface area (TPSA) is 153 Å². The first-order valence-corrected chi connectivity index (χ1v) is 23.6. The van der Waals surface area contributed by atoms with Gasteiger partial charge in [0.1, 0.15) is 5.75 Å². The number of nitrogens with one attached hydrogen (secondary N) is 1. The number of carboxylic acids is 2. The molecule has 0 spiro atoms. The number of carbonyl (C=O) groups excluding carboxylic acids is 2. The molecule has 0 aliphatic carbocycles. The predicted molar refractivity (Wildman–Crippen MR) is 242 cm³/mol. The van der Waals surface area contributed by atoms with Gasteiger partial charge in [0.15, 0.2) is 0 Å². The minimum atomic E-state index is -0.903. The van der Waals surface area contributed by atoms with Crippen LogP contribution < -0.4 is 15.5 Å².